The number of carbonyl (C=O) groups is 2. The van der Waals surface area contributed by atoms with E-state index < -0.39 is 5.97 Å². The highest BCUT2D eigenvalue weighted by atomic mass is 16.7. The van der Waals surface area contributed by atoms with Crippen LogP contribution in [0.15, 0.2) is 60.7 Å². The molecular formula is C16H15NO3. The Morgan fingerprint density at radius 2 is 1.50 bits per heavy atom. The highest BCUT2D eigenvalue weighted by molar-refractivity contribution is 5.91. The van der Waals surface area contributed by atoms with E-state index in [0.29, 0.717) is 5.56 Å². The zero-order chi connectivity index (χ0) is 14.4. The first kappa shape index (κ1) is 13.8. The Kier molecular flexibility index (Phi) is 4.50. The van der Waals surface area contributed by atoms with E-state index in [1.807, 2.05) is 30.3 Å². The summed E-state index contributed by atoms with van der Waals surface area (Å²) in [6, 6.07) is 17.8. The van der Waals surface area contributed by atoms with Crippen LogP contribution in [0.2, 0.25) is 0 Å². The largest absolute Gasteiger partial charge is 0.362 e. The molecule has 1 unspecified atom stereocenters. The molecule has 2 rings (SSSR count). The van der Waals surface area contributed by atoms with Crippen molar-refractivity contribution in [2.75, 3.05) is 0 Å². The van der Waals surface area contributed by atoms with Gasteiger partial charge in [0, 0.05) is 0 Å². The lowest BCUT2D eigenvalue weighted by Crippen LogP contribution is -2.30. The van der Waals surface area contributed by atoms with Gasteiger partial charge < -0.3 is 4.84 Å². The molecule has 1 N–H and O–H groups in total. The van der Waals surface area contributed by atoms with Gasteiger partial charge in [-0.05, 0) is 24.6 Å². The van der Waals surface area contributed by atoms with Crippen LogP contribution < -0.4 is 5.48 Å². The third-order valence-corrected chi connectivity index (χ3v) is 2.95. The molecule has 0 radical (unpaired) electrons. The first-order valence-electron chi connectivity index (χ1n) is 6.29. The normalized spacial score (nSPS) is 11.4. The Balaban J connectivity index is 1.91. The molecular weight excluding hydrogens is 254 g/mol. The number of hydroxylamine groups is 1. The minimum absolute atomic E-state index is 0.361. The first-order chi connectivity index (χ1) is 9.68. The van der Waals surface area contributed by atoms with Crippen molar-refractivity contribution in [3.63, 3.8) is 0 Å². The van der Waals surface area contributed by atoms with Gasteiger partial charge in [-0.2, -0.15) is 5.48 Å². The topological polar surface area (TPSA) is 55.4 Å². The summed E-state index contributed by atoms with van der Waals surface area (Å²) in [6.45, 7) is 1.75. The molecule has 20 heavy (non-hydrogen) atoms. The molecule has 4 heteroatoms. The summed E-state index contributed by atoms with van der Waals surface area (Å²) >= 11 is 0. The second kappa shape index (κ2) is 6.52. The lowest BCUT2D eigenvalue weighted by Gasteiger charge is -2.11. The number of benzene rings is 2. The van der Waals surface area contributed by atoms with Crippen molar-refractivity contribution in [1.29, 1.82) is 0 Å². The second-order valence-corrected chi connectivity index (χ2v) is 4.35. The fraction of sp³-hybridized carbons (Fsp3) is 0.125. The molecule has 0 saturated carbocycles. The van der Waals surface area contributed by atoms with Crippen molar-refractivity contribution in [2.24, 2.45) is 0 Å². The van der Waals surface area contributed by atoms with E-state index in [-0.39, 0.29) is 11.8 Å². The Morgan fingerprint density at radius 1 is 0.950 bits per heavy atom. The van der Waals surface area contributed by atoms with Crippen LogP contribution in [0.4, 0.5) is 0 Å². The quantitative estimate of drug-likeness (QED) is 0.872. The van der Waals surface area contributed by atoms with Gasteiger partial charge in [0.25, 0.3) is 5.91 Å². The zero-order valence-electron chi connectivity index (χ0n) is 11.1. The van der Waals surface area contributed by atoms with Crippen LogP contribution in [-0.4, -0.2) is 11.9 Å². The van der Waals surface area contributed by atoms with Gasteiger partial charge >= 0.3 is 5.97 Å². The summed E-state index contributed by atoms with van der Waals surface area (Å²) in [5, 5.41) is 0. The van der Waals surface area contributed by atoms with Gasteiger partial charge in [0.2, 0.25) is 0 Å². The maximum Gasteiger partial charge on any atom is 0.362 e. The maximum absolute atomic E-state index is 11.9. The summed E-state index contributed by atoms with van der Waals surface area (Å²) < 4.78 is 0. The lowest BCUT2D eigenvalue weighted by molar-refractivity contribution is -0.131. The monoisotopic (exact) mass is 269 g/mol. The molecule has 1 amide bonds. The van der Waals surface area contributed by atoms with Crippen LogP contribution in [0.25, 0.3) is 0 Å². The number of hydrogen-bond acceptors (Lipinski definition) is 3. The first-order valence-corrected chi connectivity index (χ1v) is 6.29. The third-order valence-electron chi connectivity index (χ3n) is 2.95. The van der Waals surface area contributed by atoms with E-state index in [9.17, 15) is 9.59 Å². The van der Waals surface area contributed by atoms with Crippen molar-refractivity contribution in [1.82, 2.24) is 5.48 Å². The number of nitrogens with one attached hydrogen (secondary N) is 1. The minimum atomic E-state index is -0.584. The SMILES string of the molecule is CC(C(=O)NOC(=O)c1ccccc1)c1ccccc1. The van der Waals surface area contributed by atoms with Crippen molar-refractivity contribution in [2.45, 2.75) is 12.8 Å². The summed E-state index contributed by atoms with van der Waals surface area (Å²) in [6.07, 6.45) is 0. The van der Waals surface area contributed by atoms with Crippen molar-refractivity contribution in [3.8, 4) is 0 Å². The second-order valence-electron chi connectivity index (χ2n) is 4.35. The molecule has 0 aliphatic rings. The van der Waals surface area contributed by atoms with Crippen LogP contribution in [0.3, 0.4) is 0 Å². The van der Waals surface area contributed by atoms with Gasteiger partial charge in [0.15, 0.2) is 0 Å². The highest BCUT2D eigenvalue weighted by Crippen LogP contribution is 2.14. The summed E-state index contributed by atoms with van der Waals surface area (Å²) in [4.78, 5) is 28.4. The predicted octanol–water partition coefficient (Wildman–Crippen LogP) is 2.68. The summed E-state index contributed by atoms with van der Waals surface area (Å²) in [5.41, 5.74) is 3.44. The number of amides is 1. The Labute approximate surface area is 117 Å². The van der Waals surface area contributed by atoms with Crippen LogP contribution >= 0.6 is 0 Å². The molecule has 1 atom stereocenters. The smallest absolute Gasteiger partial charge is 0.335 e. The van der Waals surface area contributed by atoms with E-state index in [2.05, 4.69) is 5.48 Å². The number of hydrogen-bond donors (Lipinski definition) is 1. The molecule has 2 aromatic carbocycles. The molecule has 0 saturated heterocycles. The van der Waals surface area contributed by atoms with Gasteiger partial charge in [-0.3, -0.25) is 4.79 Å². The van der Waals surface area contributed by atoms with Crippen LogP contribution in [0, 0.1) is 0 Å². The molecule has 0 aliphatic carbocycles. The molecule has 2 aromatic rings. The summed E-state index contributed by atoms with van der Waals surface area (Å²) in [7, 11) is 0. The van der Waals surface area contributed by atoms with Crippen molar-refractivity contribution in [3.05, 3.63) is 71.8 Å². The average Bonchev–Trinajstić information content (AvgIpc) is 2.53. The molecule has 0 fully saturated rings. The van der Waals surface area contributed by atoms with E-state index in [0.717, 1.165) is 5.56 Å². The minimum Gasteiger partial charge on any atom is -0.335 e. The molecule has 0 spiro atoms. The van der Waals surface area contributed by atoms with Gasteiger partial charge in [0.05, 0.1) is 11.5 Å². The van der Waals surface area contributed by atoms with E-state index in [4.69, 9.17) is 4.84 Å². The molecule has 102 valence electrons. The lowest BCUT2D eigenvalue weighted by atomic mass is 10.0. The van der Waals surface area contributed by atoms with Gasteiger partial charge in [0.1, 0.15) is 0 Å². The molecule has 4 nitrogen and oxygen atoms in total. The Hall–Kier alpha value is -2.62. The predicted molar refractivity (Wildman–Crippen MR) is 74.9 cm³/mol. The fourth-order valence-corrected chi connectivity index (χ4v) is 1.71. The Morgan fingerprint density at radius 3 is 2.10 bits per heavy atom. The standard InChI is InChI=1S/C16H15NO3/c1-12(13-8-4-2-5-9-13)15(18)17-20-16(19)14-10-6-3-7-11-14/h2-12H,1H3,(H,17,18). The number of rotatable bonds is 3. The molecule has 0 aliphatic heterocycles. The summed E-state index contributed by atoms with van der Waals surface area (Å²) in [5.74, 6) is -1.33. The Bertz CT molecular complexity index is 581. The molecule has 0 heterocycles. The zero-order valence-corrected chi connectivity index (χ0v) is 11.1. The molecule has 0 aromatic heterocycles. The maximum atomic E-state index is 11.9. The van der Waals surface area contributed by atoms with Crippen LogP contribution in [-0.2, 0) is 9.63 Å². The van der Waals surface area contributed by atoms with Gasteiger partial charge in [-0.1, -0.05) is 48.5 Å². The van der Waals surface area contributed by atoms with Crippen LogP contribution in [0.1, 0.15) is 28.8 Å². The number of carbonyl (C=O) groups excluding carboxylic acids is 2. The fourth-order valence-electron chi connectivity index (χ4n) is 1.71. The van der Waals surface area contributed by atoms with Crippen molar-refractivity contribution < 1.29 is 14.4 Å². The van der Waals surface area contributed by atoms with Crippen molar-refractivity contribution >= 4 is 11.9 Å². The van der Waals surface area contributed by atoms with E-state index >= 15 is 0 Å². The van der Waals surface area contributed by atoms with Gasteiger partial charge in [-0.25, -0.2) is 4.79 Å². The van der Waals surface area contributed by atoms with Crippen LogP contribution in [0.5, 0.6) is 0 Å². The molecule has 0 bridgehead atoms. The average molecular weight is 269 g/mol. The highest BCUT2D eigenvalue weighted by Gasteiger charge is 2.16. The third kappa shape index (κ3) is 3.45. The van der Waals surface area contributed by atoms with E-state index in [1.54, 1.807) is 37.3 Å². The van der Waals surface area contributed by atoms with E-state index in [1.165, 1.54) is 0 Å². The van der Waals surface area contributed by atoms with Gasteiger partial charge in [-0.15, -0.1) is 0 Å².